The number of amides is 1. The minimum absolute atomic E-state index is 0.162. The molecular formula is C25H24N4O4. The molecule has 0 spiro atoms. The topological polar surface area (TPSA) is 97.1 Å². The molecule has 0 atom stereocenters. The third-order valence-electron chi connectivity index (χ3n) is 5.61. The zero-order valence-electron chi connectivity index (χ0n) is 18.2. The van der Waals surface area contributed by atoms with Crippen LogP contribution < -0.4 is 10.2 Å². The molecule has 3 aromatic rings. The molecule has 0 unspecified atom stereocenters. The number of hydrogen-bond acceptors (Lipinski definition) is 6. The van der Waals surface area contributed by atoms with Crippen LogP contribution in [0.1, 0.15) is 32.6 Å². The summed E-state index contributed by atoms with van der Waals surface area (Å²) in [6, 6.07) is 20.4. The first-order valence-corrected chi connectivity index (χ1v) is 10.6. The number of nitrogens with one attached hydrogen (secondary N) is 1. The second kappa shape index (κ2) is 10.1. The Morgan fingerprint density at radius 3 is 2.64 bits per heavy atom. The summed E-state index contributed by atoms with van der Waals surface area (Å²) < 4.78 is 4.98. The van der Waals surface area contributed by atoms with Gasteiger partial charge in [0, 0.05) is 36.8 Å². The van der Waals surface area contributed by atoms with Gasteiger partial charge >= 0.3 is 5.69 Å². The Bertz CT molecular complexity index is 1190. The van der Waals surface area contributed by atoms with E-state index in [4.69, 9.17) is 4.74 Å². The van der Waals surface area contributed by atoms with Crippen LogP contribution in [0.15, 0.2) is 71.8 Å². The molecule has 0 bridgehead atoms. The van der Waals surface area contributed by atoms with Gasteiger partial charge in [0.2, 0.25) is 0 Å². The van der Waals surface area contributed by atoms with Crippen LogP contribution in [0, 0.1) is 10.1 Å². The standard InChI is InChI=1S/C25H24N4O4/c1-33-24-11-8-19(14-23(24)29(31)32)15-26-27-25(30)21-9-6-18(7-10-21)16-28-13-12-20-4-2-3-5-22(20)17-28/h2-11,14-15H,12-13,16-17H2,1H3,(H,27,30)/b26-15-. The van der Waals surface area contributed by atoms with Gasteiger partial charge < -0.3 is 4.74 Å². The second-order valence-electron chi connectivity index (χ2n) is 7.81. The van der Waals surface area contributed by atoms with Crippen LogP contribution in [0.4, 0.5) is 5.69 Å². The third kappa shape index (κ3) is 5.42. The third-order valence-corrected chi connectivity index (χ3v) is 5.61. The SMILES string of the molecule is COc1ccc(/C=N\NC(=O)c2ccc(CN3CCc4ccccc4C3)cc2)cc1[N+](=O)[O-]. The Labute approximate surface area is 191 Å². The van der Waals surface area contributed by atoms with E-state index in [-0.39, 0.29) is 17.3 Å². The van der Waals surface area contributed by atoms with Crippen molar-refractivity contribution in [1.29, 1.82) is 0 Å². The van der Waals surface area contributed by atoms with Crippen LogP contribution >= 0.6 is 0 Å². The number of nitrogens with zero attached hydrogens (tertiary/aromatic N) is 3. The molecule has 4 rings (SSSR count). The van der Waals surface area contributed by atoms with Gasteiger partial charge in [0.05, 0.1) is 18.2 Å². The lowest BCUT2D eigenvalue weighted by Gasteiger charge is -2.28. The lowest BCUT2D eigenvalue weighted by molar-refractivity contribution is -0.385. The average Bonchev–Trinajstić information content (AvgIpc) is 2.84. The quantitative estimate of drug-likeness (QED) is 0.338. The highest BCUT2D eigenvalue weighted by molar-refractivity contribution is 5.95. The molecule has 0 saturated heterocycles. The number of hydrazone groups is 1. The zero-order chi connectivity index (χ0) is 23.2. The predicted molar refractivity (Wildman–Crippen MR) is 125 cm³/mol. The number of nitro benzene ring substituents is 1. The molecule has 1 N–H and O–H groups in total. The summed E-state index contributed by atoms with van der Waals surface area (Å²) in [5.74, 6) is -0.192. The second-order valence-corrected chi connectivity index (χ2v) is 7.81. The number of benzene rings is 3. The van der Waals surface area contributed by atoms with E-state index in [9.17, 15) is 14.9 Å². The maximum absolute atomic E-state index is 12.4. The number of fused-ring (bicyclic) bond motifs is 1. The van der Waals surface area contributed by atoms with Crippen molar-refractivity contribution < 1.29 is 14.5 Å². The maximum Gasteiger partial charge on any atom is 0.311 e. The number of ether oxygens (including phenoxy) is 1. The van der Waals surface area contributed by atoms with Gasteiger partial charge in [-0.25, -0.2) is 5.43 Å². The smallest absolute Gasteiger partial charge is 0.311 e. The molecule has 0 aliphatic carbocycles. The lowest BCUT2D eigenvalue weighted by Crippen LogP contribution is -2.30. The molecule has 3 aromatic carbocycles. The molecular weight excluding hydrogens is 420 g/mol. The van der Waals surface area contributed by atoms with Gasteiger partial charge in [-0.05, 0) is 47.4 Å². The first-order chi connectivity index (χ1) is 16.0. The lowest BCUT2D eigenvalue weighted by atomic mass is 9.99. The highest BCUT2D eigenvalue weighted by Crippen LogP contribution is 2.27. The van der Waals surface area contributed by atoms with Crippen LogP contribution in [0.2, 0.25) is 0 Å². The van der Waals surface area contributed by atoms with Gasteiger partial charge in [0.15, 0.2) is 5.75 Å². The van der Waals surface area contributed by atoms with Crippen LogP contribution in [0.25, 0.3) is 0 Å². The molecule has 0 fully saturated rings. The van der Waals surface area contributed by atoms with Gasteiger partial charge in [-0.3, -0.25) is 19.8 Å². The first kappa shape index (κ1) is 22.2. The molecule has 0 saturated carbocycles. The summed E-state index contributed by atoms with van der Waals surface area (Å²) >= 11 is 0. The van der Waals surface area contributed by atoms with Gasteiger partial charge in [-0.2, -0.15) is 5.10 Å². The van der Waals surface area contributed by atoms with Gasteiger partial charge in [-0.15, -0.1) is 0 Å². The van der Waals surface area contributed by atoms with E-state index in [1.165, 1.54) is 36.6 Å². The normalized spacial score (nSPS) is 13.5. The Morgan fingerprint density at radius 2 is 1.91 bits per heavy atom. The summed E-state index contributed by atoms with van der Waals surface area (Å²) in [5, 5.41) is 15.0. The molecule has 168 valence electrons. The van der Waals surface area contributed by atoms with Crippen molar-refractivity contribution in [3.63, 3.8) is 0 Å². The van der Waals surface area contributed by atoms with Crippen LogP contribution in [-0.4, -0.2) is 35.6 Å². The zero-order valence-corrected chi connectivity index (χ0v) is 18.2. The molecule has 1 aliphatic rings. The maximum atomic E-state index is 12.4. The highest BCUT2D eigenvalue weighted by Gasteiger charge is 2.16. The van der Waals surface area contributed by atoms with Crippen molar-refractivity contribution in [2.24, 2.45) is 5.10 Å². The van der Waals surface area contributed by atoms with Crippen molar-refractivity contribution >= 4 is 17.8 Å². The minimum Gasteiger partial charge on any atom is -0.490 e. The monoisotopic (exact) mass is 444 g/mol. The number of hydrogen-bond donors (Lipinski definition) is 1. The molecule has 1 heterocycles. The van der Waals surface area contributed by atoms with Crippen LogP contribution in [0.5, 0.6) is 5.75 Å². The van der Waals surface area contributed by atoms with Crippen molar-refractivity contribution in [1.82, 2.24) is 10.3 Å². The van der Waals surface area contributed by atoms with E-state index >= 15 is 0 Å². The minimum atomic E-state index is -0.529. The molecule has 8 nitrogen and oxygen atoms in total. The summed E-state index contributed by atoms with van der Waals surface area (Å²) in [5.41, 5.74) is 7.18. The van der Waals surface area contributed by atoms with Gasteiger partial charge in [0.1, 0.15) is 0 Å². The predicted octanol–water partition coefficient (Wildman–Crippen LogP) is 3.93. The number of rotatable bonds is 7. The van der Waals surface area contributed by atoms with E-state index in [2.05, 4.69) is 39.7 Å². The summed E-state index contributed by atoms with van der Waals surface area (Å²) in [7, 11) is 1.37. The fraction of sp³-hybridized carbons (Fsp3) is 0.200. The van der Waals surface area contributed by atoms with Crippen molar-refractivity contribution in [3.8, 4) is 5.75 Å². The molecule has 0 aromatic heterocycles. The van der Waals surface area contributed by atoms with E-state index < -0.39 is 4.92 Å². The number of methoxy groups -OCH3 is 1. The summed E-state index contributed by atoms with van der Waals surface area (Å²) in [6.07, 6.45) is 2.40. The Morgan fingerprint density at radius 1 is 1.15 bits per heavy atom. The molecule has 0 radical (unpaired) electrons. The number of carbonyl (C=O) groups is 1. The summed E-state index contributed by atoms with van der Waals surface area (Å²) in [4.78, 5) is 25.4. The fourth-order valence-electron chi connectivity index (χ4n) is 3.87. The molecule has 1 aliphatic heterocycles. The Balaban J connectivity index is 1.33. The van der Waals surface area contributed by atoms with Crippen molar-refractivity contribution in [3.05, 3.63) is 105 Å². The Hall–Kier alpha value is -4.04. The van der Waals surface area contributed by atoms with Gasteiger partial charge in [-0.1, -0.05) is 36.4 Å². The largest absolute Gasteiger partial charge is 0.490 e. The van der Waals surface area contributed by atoms with E-state index in [1.54, 1.807) is 18.2 Å². The van der Waals surface area contributed by atoms with Crippen molar-refractivity contribution in [2.75, 3.05) is 13.7 Å². The van der Waals surface area contributed by atoms with E-state index in [0.29, 0.717) is 11.1 Å². The molecule has 33 heavy (non-hydrogen) atoms. The number of nitro groups is 1. The number of carbonyl (C=O) groups excluding carboxylic acids is 1. The van der Waals surface area contributed by atoms with E-state index in [1.807, 2.05) is 12.1 Å². The highest BCUT2D eigenvalue weighted by atomic mass is 16.6. The van der Waals surface area contributed by atoms with E-state index in [0.717, 1.165) is 31.6 Å². The van der Waals surface area contributed by atoms with Crippen molar-refractivity contribution in [2.45, 2.75) is 19.5 Å². The van der Waals surface area contributed by atoms with Crippen LogP contribution in [-0.2, 0) is 19.5 Å². The first-order valence-electron chi connectivity index (χ1n) is 10.6. The van der Waals surface area contributed by atoms with Crippen LogP contribution in [0.3, 0.4) is 0 Å². The van der Waals surface area contributed by atoms with Gasteiger partial charge in [0.25, 0.3) is 5.91 Å². The molecule has 8 heteroatoms. The Kier molecular flexibility index (Phi) is 6.75. The average molecular weight is 444 g/mol. The molecule has 1 amide bonds. The summed E-state index contributed by atoms with van der Waals surface area (Å²) in [6.45, 7) is 2.76. The fourth-order valence-corrected chi connectivity index (χ4v) is 3.87.